The zero-order chi connectivity index (χ0) is 15.6. The van der Waals surface area contributed by atoms with Gasteiger partial charge < -0.3 is 15.2 Å². The van der Waals surface area contributed by atoms with E-state index in [1.165, 1.54) is 31.4 Å². The van der Waals surface area contributed by atoms with Crippen molar-refractivity contribution >= 4 is 39.2 Å². The zero-order valence-corrected chi connectivity index (χ0v) is 13.2. The van der Waals surface area contributed by atoms with Crippen LogP contribution in [0.1, 0.15) is 10.4 Å². The highest BCUT2D eigenvalue weighted by atomic mass is 79.9. The molecule has 0 amide bonds. The zero-order valence-electron chi connectivity index (χ0n) is 10.8. The normalized spacial score (nSPS) is 10.3. The molecule has 0 saturated carbocycles. The summed E-state index contributed by atoms with van der Waals surface area (Å²) < 4.78 is 24.0. The number of rotatable bonds is 3. The lowest BCUT2D eigenvalue weighted by atomic mass is 10.1. The highest BCUT2D eigenvalue weighted by molar-refractivity contribution is 9.10. The molecule has 110 valence electrons. The van der Waals surface area contributed by atoms with E-state index in [9.17, 15) is 9.18 Å². The number of hydrogen-bond donors (Lipinski definition) is 1. The quantitative estimate of drug-likeness (QED) is 0.639. The minimum atomic E-state index is -0.656. The molecule has 7 heteroatoms. The number of methoxy groups -OCH3 is 1. The van der Waals surface area contributed by atoms with Gasteiger partial charge in [-0.15, -0.1) is 0 Å². The number of hydrogen-bond acceptors (Lipinski definition) is 4. The Morgan fingerprint density at radius 3 is 2.67 bits per heavy atom. The third-order valence-electron chi connectivity index (χ3n) is 2.58. The van der Waals surface area contributed by atoms with Crippen LogP contribution >= 0.6 is 27.5 Å². The number of benzene rings is 2. The second kappa shape index (κ2) is 6.32. The number of anilines is 1. The molecule has 2 rings (SSSR count). The van der Waals surface area contributed by atoms with E-state index in [0.717, 1.165) is 6.07 Å². The van der Waals surface area contributed by atoms with Crippen molar-refractivity contribution < 1.29 is 18.7 Å². The first-order chi connectivity index (χ1) is 9.92. The van der Waals surface area contributed by atoms with Crippen LogP contribution in [0, 0.1) is 5.82 Å². The van der Waals surface area contributed by atoms with E-state index in [2.05, 4.69) is 20.7 Å². The number of ether oxygens (including phenoxy) is 2. The lowest BCUT2D eigenvalue weighted by Gasteiger charge is -2.13. The SMILES string of the molecule is COC(=O)c1cc(N)cc(Cl)c1Oc1ccc(Br)c(F)c1. The second-order valence-electron chi connectivity index (χ2n) is 4.05. The molecule has 0 saturated heterocycles. The summed E-state index contributed by atoms with van der Waals surface area (Å²) in [6, 6.07) is 6.98. The molecule has 2 aromatic carbocycles. The van der Waals surface area contributed by atoms with Crippen molar-refractivity contribution in [1.29, 1.82) is 0 Å². The minimum absolute atomic E-state index is 0.0550. The van der Waals surface area contributed by atoms with Gasteiger partial charge in [0.05, 0.1) is 16.6 Å². The van der Waals surface area contributed by atoms with Crippen LogP contribution in [-0.4, -0.2) is 13.1 Å². The Balaban J connectivity index is 2.47. The predicted octanol–water partition coefficient (Wildman–Crippen LogP) is 4.40. The Hall–Kier alpha value is -1.79. The molecule has 21 heavy (non-hydrogen) atoms. The van der Waals surface area contributed by atoms with Gasteiger partial charge in [0.25, 0.3) is 0 Å². The summed E-state index contributed by atoms with van der Waals surface area (Å²) in [5, 5.41) is 0.124. The molecule has 0 bridgehead atoms. The van der Waals surface area contributed by atoms with Crippen LogP contribution in [0.4, 0.5) is 10.1 Å². The molecule has 0 aliphatic rings. The Labute approximate surface area is 133 Å². The van der Waals surface area contributed by atoms with Crippen LogP contribution in [-0.2, 0) is 4.74 Å². The van der Waals surface area contributed by atoms with Gasteiger partial charge in [0.1, 0.15) is 17.1 Å². The first-order valence-electron chi connectivity index (χ1n) is 5.72. The van der Waals surface area contributed by atoms with Crippen molar-refractivity contribution in [2.24, 2.45) is 0 Å². The van der Waals surface area contributed by atoms with Gasteiger partial charge in [-0.2, -0.15) is 0 Å². The van der Waals surface area contributed by atoms with Gasteiger partial charge in [0, 0.05) is 11.8 Å². The van der Waals surface area contributed by atoms with Gasteiger partial charge >= 0.3 is 5.97 Å². The molecule has 0 heterocycles. The van der Waals surface area contributed by atoms with Gasteiger partial charge in [0.15, 0.2) is 5.75 Å². The van der Waals surface area contributed by atoms with Crippen LogP contribution in [0.3, 0.4) is 0 Å². The van der Waals surface area contributed by atoms with E-state index in [4.69, 9.17) is 22.1 Å². The molecule has 0 radical (unpaired) electrons. The van der Waals surface area contributed by atoms with E-state index < -0.39 is 11.8 Å². The minimum Gasteiger partial charge on any atom is -0.465 e. The molecule has 0 aliphatic carbocycles. The van der Waals surface area contributed by atoms with Crippen LogP contribution in [0.15, 0.2) is 34.8 Å². The summed E-state index contributed by atoms with van der Waals surface area (Å²) >= 11 is 9.08. The summed E-state index contributed by atoms with van der Waals surface area (Å²) in [5.41, 5.74) is 5.99. The van der Waals surface area contributed by atoms with E-state index in [0.29, 0.717) is 4.47 Å². The second-order valence-corrected chi connectivity index (χ2v) is 5.31. The summed E-state index contributed by atoms with van der Waals surface area (Å²) in [7, 11) is 1.22. The van der Waals surface area contributed by atoms with Crippen molar-refractivity contribution in [2.75, 3.05) is 12.8 Å². The van der Waals surface area contributed by atoms with Crippen molar-refractivity contribution in [2.45, 2.75) is 0 Å². The number of halogens is 3. The molecule has 0 unspecified atom stereocenters. The molecule has 2 N–H and O–H groups in total. The molecule has 0 fully saturated rings. The number of nitrogen functional groups attached to an aromatic ring is 1. The number of carbonyl (C=O) groups is 1. The summed E-state index contributed by atoms with van der Waals surface area (Å²) in [5.74, 6) is -0.914. The van der Waals surface area contributed by atoms with Crippen molar-refractivity contribution in [3.05, 3.63) is 51.2 Å². The number of nitrogens with two attached hydrogens (primary N) is 1. The Morgan fingerprint density at radius 1 is 1.33 bits per heavy atom. The van der Waals surface area contributed by atoms with Crippen LogP contribution in [0.25, 0.3) is 0 Å². The van der Waals surface area contributed by atoms with Gasteiger partial charge in [-0.25, -0.2) is 9.18 Å². The third kappa shape index (κ3) is 3.46. The molecule has 0 spiro atoms. The van der Waals surface area contributed by atoms with Gasteiger partial charge in [-0.1, -0.05) is 11.6 Å². The molecular formula is C14H10BrClFNO3. The standard InChI is InChI=1S/C14H10BrClFNO3/c1-20-14(19)9-4-7(18)5-11(16)13(9)21-8-2-3-10(15)12(17)6-8/h2-6H,18H2,1H3. The Bertz CT molecular complexity index is 709. The van der Waals surface area contributed by atoms with Crippen molar-refractivity contribution in [3.8, 4) is 11.5 Å². The number of esters is 1. The fraction of sp³-hybridized carbons (Fsp3) is 0.0714. The highest BCUT2D eigenvalue weighted by Crippen LogP contribution is 2.36. The lowest BCUT2D eigenvalue weighted by Crippen LogP contribution is -2.05. The lowest BCUT2D eigenvalue weighted by molar-refractivity contribution is 0.0598. The molecule has 2 aromatic rings. The first kappa shape index (κ1) is 15.6. The molecule has 0 aromatic heterocycles. The smallest absolute Gasteiger partial charge is 0.341 e. The Morgan fingerprint density at radius 2 is 2.05 bits per heavy atom. The van der Waals surface area contributed by atoms with Gasteiger partial charge in [0.2, 0.25) is 0 Å². The molecule has 0 aliphatic heterocycles. The number of carbonyl (C=O) groups excluding carboxylic acids is 1. The van der Waals surface area contributed by atoms with Gasteiger partial charge in [-0.3, -0.25) is 0 Å². The topological polar surface area (TPSA) is 61.5 Å². The monoisotopic (exact) mass is 373 g/mol. The summed E-state index contributed by atoms with van der Waals surface area (Å²) in [6.07, 6.45) is 0. The van der Waals surface area contributed by atoms with E-state index in [1.807, 2.05) is 0 Å². The Kier molecular flexibility index (Phi) is 4.69. The average molecular weight is 375 g/mol. The average Bonchev–Trinajstić information content (AvgIpc) is 2.44. The predicted molar refractivity (Wildman–Crippen MR) is 81.4 cm³/mol. The van der Waals surface area contributed by atoms with E-state index in [-0.39, 0.29) is 27.8 Å². The first-order valence-corrected chi connectivity index (χ1v) is 6.89. The van der Waals surface area contributed by atoms with Crippen molar-refractivity contribution in [1.82, 2.24) is 0 Å². The van der Waals surface area contributed by atoms with Crippen molar-refractivity contribution in [3.63, 3.8) is 0 Å². The summed E-state index contributed by atoms with van der Waals surface area (Å²) in [4.78, 5) is 11.8. The van der Waals surface area contributed by atoms with E-state index in [1.54, 1.807) is 0 Å². The molecule has 4 nitrogen and oxygen atoms in total. The maximum absolute atomic E-state index is 13.5. The largest absolute Gasteiger partial charge is 0.465 e. The third-order valence-corrected chi connectivity index (χ3v) is 3.51. The fourth-order valence-corrected chi connectivity index (χ4v) is 2.15. The summed E-state index contributed by atoms with van der Waals surface area (Å²) in [6.45, 7) is 0. The highest BCUT2D eigenvalue weighted by Gasteiger charge is 2.19. The fourth-order valence-electron chi connectivity index (χ4n) is 1.64. The maximum atomic E-state index is 13.5. The van der Waals surface area contributed by atoms with Crippen LogP contribution < -0.4 is 10.5 Å². The van der Waals surface area contributed by atoms with Crippen LogP contribution in [0.2, 0.25) is 5.02 Å². The van der Waals surface area contributed by atoms with Gasteiger partial charge in [-0.05, 0) is 40.2 Å². The van der Waals surface area contributed by atoms with E-state index >= 15 is 0 Å². The maximum Gasteiger partial charge on any atom is 0.341 e. The molecule has 0 atom stereocenters. The molecular weight excluding hydrogens is 365 g/mol. The van der Waals surface area contributed by atoms with Crippen LogP contribution in [0.5, 0.6) is 11.5 Å².